The number of carbonyl (C=O) groups is 1. The fourth-order valence-corrected chi connectivity index (χ4v) is 2.01. The summed E-state index contributed by atoms with van der Waals surface area (Å²) in [5, 5.41) is 9.01. The Morgan fingerprint density at radius 1 is 1.67 bits per heavy atom. The molecule has 1 aliphatic heterocycles. The fourth-order valence-electron chi connectivity index (χ4n) is 2.01. The average molecular weight is 168 g/mol. The SMILES string of the molecule is O=C1OC[C@@H]2[C@H](CO)C=CC[C@@H]12. The summed E-state index contributed by atoms with van der Waals surface area (Å²) >= 11 is 0. The monoisotopic (exact) mass is 168 g/mol. The van der Waals surface area contributed by atoms with E-state index in [1.54, 1.807) is 0 Å². The minimum atomic E-state index is -0.0946. The van der Waals surface area contributed by atoms with Gasteiger partial charge in [-0.2, -0.15) is 0 Å². The number of aliphatic hydroxyl groups excluding tert-OH is 1. The smallest absolute Gasteiger partial charge is 0.309 e. The molecule has 0 bridgehead atoms. The molecule has 2 rings (SSSR count). The average Bonchev–Trinajstić information content (AvgIpc) is 2.48. The van der Waals surface area contributed by atoms with E-state index in [1.165, 1.54) is 0 Å². The van der Waals surface area contributed by atoms with Gasteiger partial charge >= 0.3 is 5.97 Å². The lowest BCUT2D eigenvalue weighted by Crippen LogP contribution is -2.27. The van der Waals surface area contributed by atoms with Crippen LogP contribution in [0, 0.1) is 17.8 Å². The third-order valence-corrected chi connectivity index (χ3v) is 2.77. The first-order valence-electron chi connectivity index (χ1n) is 4.27. The molecule has 1 heterocycles. The van der Waals surface area contributed by atoms with Gasteiger partial charge in [0.1, 0.15) is 0 Å². The second-order valence-corrected chi connectivity index (χ2v) is 3.41. The van der Waals surface area contributed by atoms with Crippen LogP contribution in [0.4, 0.5) is 0 Å². The number of hydrogen-bond acceptors (Lipinski definition) is 3. The van der Waals surface area contributed by atoms with Crippen molar-refractivity contribution in [2.75, 3.05) is 13.2 Å². The summed E-state index contributed by atoms with van der Waals surface area (Å²) in [5.74, 6) is 0.248. The van der Waals surface area contributed by atoms with Gasteiger partial charge in [0, 0.05) is 18.4 Å². The van der Waals surface area contributed by atoms with Crippen LogP contribution in [0.1, 0.15) is 6.42 Å². The van der Waals surface area contributed by atoms with Gasteiger partial charge in [-0.15, -0.1) is 0 Å². The van der Waals surface area contributed by atoms with Crippen molar-refractivity contribution in [3.8, 4) is 0 Å². The van der Waals surface area contributed by atoms with Crippen molar-refractivity contribution in [1.82, 2.24) is 0 Å². The highest BCUT2D eigenvalue weighted by atomic mass is 16.5. The van der Waals surface area contributed by atoms with Crippen LogP contribution in [0.3, 0.4) is 0 Å². The molecule has 0 saturated carbocycles. The zero-order valence-corrected chi connectivity index (χ0v) is 6.77. The fraction of sp³-hybridized carbons (Fsp3) is 0.667. The normalized spacial score (nSPS) is 39.4. The Morgan fingerprint density at radius 3 is 3.25 bits per heavy atom. The molecule has 0 spiro atoms. The summed E-state index contributed by atoms with van der Waals surface area (Å²) in [4.78, 5) is 11.1. The predicted octanol–water partition coefficient (Wildman–Crippen LogP) is 0.344. The summed E-state index contributed by atoms with van der Waals surface area (Å²) < 4.78 is 4.94. The van der Waals surface area contributed by atoms with Gasteiger partial charge in [0.15, 0.2) is 0 Å². The summed E-state index contributed by atoms with van der Waals surface area (Å²) in [6.07, 6.45) is 4.73. The number of hydrogen-bond donors (Lipinski definition) is 1. The molecule has 2 aliphatic rings. The molecule has 1 aliphatic carbocycles. The Bertz CT molecular complexity index is 222. The summed E-state index contributed by atoms with van der Waals surface area (Å²) in [5.41, 5.74) is 0. The summed E-state index contributed by atoms with van der Waals surface area (Å²) in [7, 11) is 0. The van der Waals surface area contributed by atoms with Gasteiger partial charge in [-0.25, -0.2) is 0 Å². The Kier molecular flexibility index (Phi) is 1.89. The van der Waals surface area contributed by atoms with Crippen molar-refractivity contribution in [3.63, 3.8) is 0 Å². The third-order valence-electron chi connectivity index (χ3n) is 2.77. The Morgan fingerprint density at radius 2 is 2.50 bits per heavy atom. The first kappa shape index (κ1) is 7.80. The van der Waals surface area contributed by atoms with Crippen LogP contribution in [-0.4, -0.2) is 24.3 Å². The van der Waals surface area contributed by atoms with Crippen molar-refractivity contribution >= 4 is 5.97 Å². The number of rotatable bonds is 1. The highest BCUT2D eigenvalue weighted by Gasteiger charge is 2.41. The van der Waals surface area contributed by atoms with Gasteiger partial charge in [-0.05, 0) is 6.42 Å². The van der Waals surface area contributed by atoms with Crippen LogP contribution in [-0.2, 0) is 9.53 Å². The molecular weight excluding hydrogens is 156 g/mol. The van der Waals surface area contributed by atoms with Crippen molar-refractivity contribution in [2.24, 2.45) is 17.8 Å². The molecule has 0 radical (unpaired) electrons. The maximum atomic E-state index is 11.1. The van der Waals surface area contributed by atoms with E-state index in [1.807, 2.05) is 12.2 Å². The zero-order valence-electron chi connectivity index (χ0n) is 6.77. The van der Waals surface area contributed by atoms with Crippen molar-refractivity contribution in [1.29, 1.82) is 0 Å². The lowest BCUT2D eigenvalue weighted by atomic mass is 9.78. The Labute approximate surface area is 71.0 Å². The predicted molar refractivity (Wildman–Crippen MR) is 42.3 cm³/mol. The number of esters is 1. The summed E-state index contributed by atoms with van der Waals surface area (Å²) in [6, 6.07) is 0. The van der Waals surface area contributed by atoms with Gasteiger partial charge in [0.05, 0.1) is 12.5 Å². The van der Waals surface area contributed by atoms with Crippen molar-refractivity contribution in [3.05, 3.63) is 12.2 Å². The molecule has 3 heteroatoms. The van der Waals surface area contributed by atoms with Crippen LogP contribution in [0.15, 0.2) is 12.2 Å². The number of allylic oxidation sites excluding steroid dienone is 1. The largest absolute Gasteiger partial charge is 0.465 e. The van der Waals surface area contributed by atoms with E-state index < -0.39 is 0 Å². The first-order valence-corrected chi connectivity index (χ1v) is 4.27. The van der Waals surface area contributed by atoms with Gasteiger partial charge in [-0.1, -0.05) is 12.2 Å². The quantitative estimate of drug-likeness (QED) is 0.453. The van der Waals surface area contributed by atoms with Gasteiger partial charge < -0.3 is 9.84 Å². The Hall–Kier alpha value is -0.830. The molecule has 1 N–H and O–H groups in total. The highest BCUT2D eigenvalue weighted by molar-refractivity contribution is 5.75. The van der Waals surface area contributed by atoms with E-state index in [0.29, 0.717) is 6.61 Å². The minimum Gasteiger partial charge on any atom is -0.465 e. The van der Waals surface area contributed by atoms with Gasteiger partial charge in [0.2, 0.25) is 0 Å². The molecule has 1 fully saturated rings. The number of fused-ring (bicyclic) bond motifs is 1. The molecule has 3 nitrogen and oxygen atoms in total. The molecule has 0 aromatic carbocycles. The molecule has 66 valence electrons. The van der Waals surface area contributed by atoms with Crippen LogP contribution >= 0.6 is 0 Å². The summed E-state index contributed by atoms with van der Waals surface area (Å²) in [6.45, 7) is 0.605. The van der Waals surface area contributed by atoms with Crippen molar-refractivity contribution in [2.45, 2.75) is 6.42 Å². The van der Waals surface area contributed by atoms with Gasteiger partial charge in [0.25, 0.3) is 0 Å². The van der Waals surface area contributed by atoms with E-state index in [4.69, 9.17) is 9.84 Å². The van der Waals surface area contributed by atoms with Crippen LogP contribution in [0.25, 0.3) is 0 Å². The second kappa shape index (κ2) is 2.90. The highest BCUT2D eigenvalue weighted by Crippen LogP contribution is 2.35. The molecular formula is C9H12O3. The molecule has 0 aromatic rings. The van der Waals surface area contributed by atoms with Crippen LogP contribution in [0.2, 0.25) is 0 Å². The number of carbonyl (C=O) groups excluding carboxylic acids is 1. The first-order chi connectivity index (χ1) is 5.83. The zero-order chi connectivity index (χ0) is 8.55. The molecule has 0 aromatic heterocycles. The maximum absolute atomic E-state index is 11.1. The van der Waals surface area contributed by atoms with E-state index in [-0.39, 0.29) is 30.3 Å². The molecule has 3 atom stereocenters. The van der Waals surface area contributed by atoms with Crippen LogP contribution in [0.5, 0.6) is 0 Å². The van der Waals surface area contributed by atoms with E-state index >= 15 is 0 Å². The third kappa shape index (κ3) is 1.05. The second-order valence-electron chi connectivity index (χ2n) is 3.41. The molecule has 12 heavy (non-hydrogen) atoms. The minimum absolute atomic E-state index is 0.00662. The molecule has 0 amide bonds. The van der Waals surface area contributed by atoms with E-state index in [2.05, 4.69) is 0 Å². The Balaban J connectivity index is 2.17. The maximum Gasteiger partial charge on any atom is 0.309 e. The lowest BCUT2D eigenvalue weighted by Gasteiger charge is -2.24. The lowest BCUT2D eigenvalue weighted by molar-refractivity contribution is -0.141. The molecule has 1 saturated heterocycles. The number of ether oxygens (including phenoxy) is 1. The van der Waals surface area contributed by atoms with E-state index in [0.717, 1.165) is 6.42 Å². The van der Waals surface area contributed by atoms with Crippen LogP contribution < -0.4 is 0 Å². The van der Waals surface area contributed by atoms with E-state index in [9.17, 15) is 4.79 Å². The topological polar surface area (TPSA) is 46.5 Å². The number of aliphatic hydroxyl groups is 1. The van der Waals surface area contributed by atoms with Crippen molar-refractivity contribution < 1.29 is 14.6 Å². The van der Waals surface area contributed by atoms with Gasteiger partial charge in [-0.3, -0.25) is 4.79 Å². The molecule has 0 unspecified atom stereocenters. The standard InChI is InChI=1S/C9H12O3/c10-4-6-2-1-3-7-8(6)5-12-9(7)11/h1-2,6-8,10H,3-5H2/t6-,7+,8+/m0/s1. The number of cyclic esters (lactones) is 1.